The molecule has 1 unspecified atom stereocenters. The molecule has 9 nitrogen and oxygen atoms in total. The summed E-state index contributed by atoms with van der Waals surface area (Å²) in [5.41, 5.74) is 0.547. The Kier molecular flexibility index (Phi) is 6.06. The summed E-state index contributed by atoms with van der Waals surface area (Å²) >= 11 is 1.11. The van der Waals surface area contributed by atoms with Crippen LogP contribution >= 0.6 is 11.8 Å². The second-order valence-electron chi connectivity index (χ2n) is 7.46. The lowest BCUT2D eigenvalue weighted by atomic mass is 10.2. The SMILES string of the molecule is Nn1c(SCC(=O)N(C2CC2)C2CCS(=O)(=O)C2)nnc1-c1ccc(OC(F)F)cc1. The largest absolute Gasteiger partial charge is 0.435 e. The molecule has 13 heteroatoms. The van der Waals surface area contributed by atoms with Crippen LogP contribution in [0.25, 0.3) is 11.4 Å². The summed E-state index contributed by atoms with van der Waals surface area (Å²) in [6.07, 6.45) is 2.24. The molecule has 2 N–H and O–H groups in total. The molecule has 2 aliphatic rings. The molecule has 1 aromatic heterocycles. The first kappa shape index (κ1) is 21.8. The molecule has 1 atom stereocenters. The number of carbonyl (C=O) groups excluding carboxylic acids is 1. The first-order valence-electron chi connectivity index (χ1n) is 9.63. The maximum atomic E-state index is 12.8. The van der Waals surface area contributed by atoms with Crippen LogP contribution in [0.5, 0.6) is 5.75 Å². The molecule has 1 aromatic carbocycles. The van der Waals surface area contributed by atoms with Crippen LogP contribution in [0.15, 0.2) is 29.4 Å². The third kappa shape index (κ3) is 5.09. The molecular formula is C18H21F2N5O4S2. The van der Waals surface area contributed by atoms with Gasteiger partial charge in [0.05, 0.1) is 17.3 Å². The van der Waals surface area contributed by atoms with E-state index in [-0.39, 0.29) is 41.0 Å². The van der Waals surface area contributed by atoms with Gasteiger partial charge in [-0.25, -0.2) is 13.1 Å². The summed E-state index contributed by atoms with van der Waals surface area (Å²) in [4.78, 5) is 14.6. The molecule has 1 saturated carbocycles. The van der Waals surface area contributed by atoms with E-state index in [4.69, 9.17) is 5.84 Å². The Morgan fingerprint density at radius 2 is 1.94 bits per heavy atom. The maximum absolute atomic E-state index is 12.8. The fourth-order valence-electron chi connectivity index (χ4n) is 3.61. The number of hydrogen-bond donors (Lipinski definition) is 1. The molecule has 1 amide bonds. The molecule has 0 bridgehead atoms. The lowest BCUT2D eigenvalue weighted by molar-refractivity contribution is -0.130. The molecule has 1 aliphatic carbocycles. The van der Waals surface area contributed by atoms with E-state index in [0.29, 0.717) is 23.0 Å². The summed E-state index contributed by atoms with van der Waals surface area (Å²) in [5.74, 6) is 6.42. The normalized spacial score (nSPS) is 20.2. The Bertz CT molecular complexity index is 1060. The monoisotopic (exact) mass is 473 g/mol. The quantitative estimate of drug-likeness (QED) is 0.453. The average molecular weight is 474 g/mol. The van der Waals surface area contributed by atoms with Crippen LogP contribution in [0, 0.1) is 0 Å². The number of rotatable bonds is 8. The molecule has 1 saturated heterocycles. The number of sulfone groups is 1. The van der Waals surface area contributed by atoms with Crippen molar-refractivity contribution < 1.29 is 26.7 Å². The zero-order valence-corrected chi connectivity index (χ0v) is 18.0. The van der Waals surface area contributed by atoms with Crippen LogP contribution in [0.2, 0.25) is 0 Å². The van der Waals surface area contributed by atoms with Crippen molar-refractivity contribution in [3.63, 3.8) is 0 Å². The first-order valence-corrected chi connectivity index (χ1v) is 12.4. The van der Waals surface area contributed by atoms with Gasteiger partial charge in [-0.05, 0) is 43.5 Å². The second kappa shape index (κ2) is 8.61. The Hall–Kier alpha value is -2.41. The molecule has 1 aliphatic heterocycles. The fourth-order valence-corrected chi connectivity index (χ4v) is 6.05. The van der Waals surface area contributed by atoms with E-state index < -0.39 is 16.4 Å². The van der Waals surface area contributed by atoms with E-state index in [9.17, 15) is 22.0 Å². The predicted octanol–water partition coefficient (Wildman–Crippen LogP) is 1.53. The fraction of sp³-hybridized carbons (Fsp3) is 0.500. The van der Waals surface area contributed by atoms with Gasteiger partial charge in [-0.3, -0.25) is 4.79 Å². The van der Waals surface area contributed by atoms with E-state index >= 15 is 0 Å². The Balaban J connectivity index is 1.41. The molecule has 168 valence electrons. The van der Waals surface area contributed by atoms with Gasteiger partial charge in [0.2, 0.25) is 11.1 Å². The highest BCUT2D eigenvalue weighted by molar-refractivity contribution is 7.99. The van der Waals surface area contributed by atoms with Crippen molar-refractivity contribution >= 4 is 27.5 Å². The number of nitrogens with zero attached hydrogens (tertiary/aromatic N) is 4. The highest BCUT2D eigenvalue weighted by Crippen LogP contribution is 2.33. The molecule has 31 heavy (non-hydrogen) atoms. The molecule has 0 spiro atoms. The van der Waals surface area contributed by atoms with Crippen LogP contribution in [0.3, 0.4) is 0 Å². The van der Waals surface area contributed by atoms with Gasteiger partial charge in [0.25, 0.3) is 0 Å². The molecule has 0 radical (unpaired) electrons. The van der Waals surface area contributed by atoms with Crippen molar-refractivity contribution in [3.05, 3.63) is 24.3 Å². The van der Waals surface area contributed by atoms with E-state index in [1.807, 2.05) is 0 Å². The van der Waals surface area contributed by atoms with Crippen molar-refractivity contribution in [2.24, 2.45) is 0 Å². The van der Waals surface area contributed by atoms with Gasteiger partial charge in [0.15, 0.2) is 15.7 Å². The molecule has 2 fully saturated rings. The number of nitrogens with two attached hydrogens (primary N) is 1. The van der Waals surface area contributed by atoms with E-state index in [1.165, 1.54) is 28.9 Å². The smallest absolute Gasteiger partial charge is 0.387 e. The third-order valence-electron chi connectivity index (χ3n) is 5.16. The summed E-state index contributed by atoms with van der Waals surface area (Å²) in [7, 11) is -3.09. The van der Waals surface area contributed by atoms with E-state index in [2.05, 4.69) is 14.9 Å². The third-order valence-corrected chi connectivity index (χ3v) is 7.84. The van der Waals surface area contributed by atoms with E-state index in [0.717, 1.165) is 24.6 Å². The standard InChI is InChI=1S/C18H21F2N5O4S2/c19-17(20)29-14-5-1-11(2-6-14)16-22-23-18(25(16)21)30-9-15(26)24(12-3-4-12)13-7-8-31(27,28)10-13/h1-2,5-6,12-13,17H,3-4,7-10,21H2. The van der Waals surface area contributed by atoms with Crippen LogP contribution < -0.4 is 10.6 Å². The highest BCUT2D eigenvalue weighted by atomic mass is 32.2. The summed E-state index contributed by atoms with van der Waals surface area (Å²) in [6.45, 7) is -2.91. The van der Waals surface area contributed by atoms with Crippen LogP contribution in [0.4, 0.5) is 8.78 Å². The van der Waals surface area contributed by atoms with Gasteiger partial charge in [-0.1, -0.05) is 11.8 Å². The number of nitrogen functional groups attached to an aromatic ring is 1. The first-order chi connectivity index (χ1) is 14.7. The average Bonchev–Trinajstić information content (AvgIpc) is 3.37. The molecule has 4 rings (SSSR count). The Labute approximate surface area is 181 Å². The van der Waals surface area contributed by atoms with Crippen molar-refractivity contribution in [3.8, 4) is 17.1 Å². The number of amides is 1. The second-order valence-corrected chi connectivity index (χ2v) is 10.6. The number of ether oxygens (including phenoxy) is 1. The topological polar surface area (TPSA) is 120 Å². The van der Waals surface area contributed by atoms with Gasteiger partial charge < -0.3 is 15.5 Å². The van der Waals surface area contributed by atoms with Gasteiger partial charge >= 0.3 is 6.61 Å². The van der Waals surface area contributed by atoms with Gasteiger partial charge in [0.1, 0.15) is 5.75 Å². The van der Waals surface area contributed by atoms with Crippen molar-refractivity contribution in [1.29, 1.82) is 0 Å². The number of carbonyl (C=O) groups is 1. The number of hydrogen-bond acceptors (Lipinski definition) is 8. The lowest BCUT2D eigenvalue weighted by Crippen LogP contribution is -2.43. The zero-order valence-electron chi connectivity index (χ0n) is 16.4. The van der Waals surface area contributed by atoms with Crippen LogP contribution in [-0.4, -0.2) is 70.1 Å². The molecule has 2 aromatic rings. The van der Waals surface area contributed by atoms with Crippen LogP contribution in [0.1, 0.15) is 19.3 Å². The van der Waals surface area contributed by atoms with Crippen molar-refractivity contribution in [2.75, 3.05) is 23.1 Å². The highest BCUT2D eigenvalue weighted by Gasteiger charge is 2.42. The minimum atomic E-state index is -3.09. The van der Waals surface area contributed by atoms with Gasteiger partial charge in [-0.15, -0.1) is 10.2 Å². The summed E-state index contributed by atoms with van der Waals surface area (Å²) < 4.78 is 53.7. The summed E-state index contributed by atoms with van der Waals surface area (Å²) in [6, 6.07) is 5.63. The zero-order chi connectivity index (χ0) is 22.2. The van der Waals surface area contributed by atoms with E-state index in [1.54, 1.807) is 4.90 Å². The van der Waals surface area contributed by atoms with Gasteiger partial charge in [0, 0.05) is 17.6 Å². The minimum Gasteiger partial charge on any atom is -0.435 e. The number of aromatic nitrogens is 3. The molecular weight excluding hydrogens is 452 g/mol. The lowest BCUT2D eigenvalue weighted by Gasteiger charge is -2.28. The number of halogens is 2. The predicted molar refractivity (Wildman–Crippen MR) is 110 cm³/mol. The maximum Gasteiger partial charge on any atom is 0.387 e. The molecule has 2 heterocycles. The Morgan fingerprint density at radius 1 is 1.23 bits per heavy atom. The van der Waals surface area contributed by atoms with Gasteiger partial charge in [-0.2, -0.15) is 8.78 Å². The van der Waals surface area contributed by atoms with Crippen molar-refractivity contribution in [2.45, 2.75) is 43.1 Å². The van der Waals surface area contributed by atoms with Crippen molar-refractivity contribution in [1.82, 2.24) is 19.8 Å². The number of benzene rings is 1. The summed E-state index contributed by atoms with van der Waals surface area (Å²) in [5, 5.41) is 8.34. The number of thioether (sulfide) groups is 1. The number of alkyl halides is 2. The minimum absolute atomic E-state index is 0.0103. The van der Waals surface area contributed by atoms with Crippen LogP contribution in [-0.2, 0) is 14.6 Å². The Morgan fingerprint density at radius 3 is 2.52 bits per heavy atom.